The molecule has 3 aromatic rings. The second kappa shape index (κ2) is 8.08. The van der Waals surface area contributed by atoms with Crippen LogP contribution in [0.15, 0.2) is 60.0 Å². The van der Waals surface area contributed by atoms with Gasteiger partial charge < -0.3 is 5.32 Å². The molecule has 1 aromatic heterocycles. The van der Waals surface area contributed by atoms with E-state index in [1.807, 2.05) is 35.7 Å². The highest BCUT2D eigenvalue weighted by Crippen LogP contribution is 2.20. The zero-order chi connectivity index (χ0) is 17.6. The predicted molar refractivity (Wildman–Crippen MR) is 104 cm³/mol. The van der Waals surface area contributed by atoms with Crippen molar-refractivity contribution < 1.29 is 4.79 Å². The van der Waals surface area contributed by atoms with Gasteiger partial charge in [-0.05, 0) is 16.7 Å². The predicted octanol–water partition coefficient (Wildman–Crippen LogP) is 4.79. The number of benzene rings is 2. The summed E-state index contributed by atoms with van der Waals surface area (Å²) in [5.41, 5.74) is 4.29. The minimum absolute atomic E-state index is 0.0200. The van der Waals surface area contributed by atoms with Crippen LogP contribution in [0, 0.1) is 0 Å². The van der Waals surface area contributed by atoms with E-state index in [2.05, 4.69) is 48.4 Å². The highest BCUT2D eigenvalue weighted by molar-refractivity contribution is 7.09. The lowest BCUT2D eigenvalue weighted by atomic mass is 10.0. The summed E-state index contributed by atoms with van der Waals surface area (Å²) in [5.74, 6) is 0.448. The summed E-state index contributed by atoms with van der Waals surface area (Å²) in [6, 6.07) is 18.4. The Balaban J connectivity index is 1.54. The Morgan fingerprint density at radius 1 is 1.04 bits per heavy atom. The largest absolute Gasteiger partial charge is 0.350 e. The Morgan fingerprint density at radius 3 is 2.36 bits per heavy atom. The summed E-state index contributed by atoms with van der Waals surface area (Å²) < 4.78 is 0. The van der Waals surface area contributed by atoms with E-state index in [9.17, 15) is 4.79 Å². The molecule has 0 bridgehead atoms. The van der Waals surface area contributed by atoms with Gasteiger partial charge in [0.2, 0.25) is 5.91 Å². The van der Waals surface area contributed by atoms with Crippen LogP contribution in [-0.4, -0.2) is 10.9 Å². The highest BCUT2D eigenvalue weighted by atomic mass is 32.1. The standard InChI is InChI=1S/C21H22N2OS/c1-15(2)21-23-19(14-25-21)13-22-20(24)12-16-8-10-18(11-9-16)17-6-4-3-5-7-17/h3-11,14-15H,12-13H2,1-2H3,(H,22,24). The van der Waals surface area contributed by atoms with Crippen LogP contribution in [0.5, 0.6) is 0 Å². The normalized spacial score (nSPS) is 10.8. The van der Waals surface area contributed by atoms with Crippen molar-refractivity contribution >= 4 is 17.2 Å². The quantitative estimate of drug-likeness (QED) is 0.694. The molecule has 3 nitrogen and oxygen atoms in total. The van der Waals surface area contributed by atoms with Crippen LogP contribution in [0.25, 0.3) is 11.1 Å². The first kappa shape index (κ1) is 17.4. The molecular formula is C21H22N2OS. The fourth-order valence-electron chi connectivity index (χ4n) is 2.55. The van der Waals surface area contributed by atoms with Crippen LogP contribution in [-0.2, 0) is 17.8 Å². The number of nitrogens with zero attached hydrogens (tertiary/aromatic N) is 1. The van der Waals surface area contributed by atoms with Crippen molar-refractivity contribution in [2.24, 2.45) is 0 Å². The van der Waals surface area contributed by atoms with Crippen molar-refractivity contribution in [3.63, 3.8) is 0 Å². The first-order valence-corrected chi connectivity index (χ1v) is 9.35. The SMILES string of the molecule is CC(C)c1nc(CNC(=O)Cc2ccc(-c3ccccc3)cc2)cs1. The van der Waals surface area contributed by atoms with Gasteiger partial charge in [-0.3, -0.25) is 4.79 Å². The van der Waals surface area contributed by atoms with E-state index in [4.69, 9.17) is 0 Å². The summed E-state index contributed by atoms with van der Waals surface area (Å²) in [6.45, 7) is 4.74. The molecule has 4 heteroatoms. The van der Waals surface area contributed by atoms with Crippen molar-refractivity contribution in [1.29, 1.82) is 0 Å². The van der Waals surface area contributed by atoms with Crippen molar-refractivity contribution in [3.05, 3.63) is 76.2 Å². The molecule has 0 spiro atoms. The van der Waals surface area contributed by atoms with E-state index in [0.717, 1.165) is 21.8 Å². The molecule has 0 aliphatic rings. The van der Waals surface area contributed by atoms with Gasteiger partial charge in [0.25, 0.3) is 0 Å². The number of nitrogens with one attached hydrogen (secondary N) is 1. The molecular weight excluding hydrogens is 328 g/mol. The highest BCUT2D eigenvalue weighted by Gasteiger charge is 2.08. The van der Waals surface area contributed by atoms with Gasteiger partial charge in [-0.25, -0.2) is 4.98 Å². The van der Waals surface area contributed by atoms with E-state index in [1.165, 1.54) is 5.56 Å². The third-order valence-electron chi connectivity index (χ3n) is 3.96. The maximum atomic E-state index is 12.1. The Hall–Kier alpha value is -2.46. The first-order chi connectivity index (χ1) is 12.1. The molecule has 1 heterocycles. The Morgan fingerprint density at radius 2 is 1.72 bits per heavy atom. The van der Waals surface area contributed by atoms with E-state index < -0.39 is 0 Å². The summed E-state index contributed by atoms with van der Waals surface area (Å²) in [6.07, 6.45) is 0.385. The number of hydrogen-bond acceptors (Lipinski definition) is 3. The molecule has 2 aromatic carbocycles. The Kier molecular flexibility index (Phi) is 5.61. The third-order valence-corrected chi connectivity index (χ3v) is 5.15. The molecule has 0 fully saturated rings. The van der Waals surface area contributed by atoms with E-state index >= 15 is 0 Å². The van der Waals surface area contributed by atoms with Crippen molar-refractivity contribution in [1.82, 2.24) is 10.3 Å². The van der Waals surface area contributed by atoms with Crippen molar-refractivity contribution in [3.8, 4) is 11.1 Å². The lowest BCUT2D eigenvalue weighted by Crippen LogP contribution is -2.24. The number of carbonyl (C=O) groups is 1. The van der Waals surface area contributed by atoms with Crippen molar-refractivity contribution in [2.75, 3.05) is 0 Å². The molecule has 3 rings (SSSR count). The maximum Gasteiger partial charge on any atom is 0.224 e. The molecule has 128 valence electrons. The molecule has 0 radical (unpaired) electrons. The molecule has 0 saturated heterocycles. The second-order valence-corrected chi connectivity index (χ2v) is 7.24. The van der Waals surface area contributed by atoms with Crippen molar-refractivity contribution in [2.45, 2.75) is 32.7 Å². The number of hydrogen-bond donors (Lipinski definition) is 1. The molecule has 0 atom stereocenters. The fraction of sp³-hybridized carbons (Fsp3) is 0.238. The molecule has 1 amide bonds. The van der Waals surface area contributed by atoms with Crippen LogP contribution < -0.4 is 5.32 Å². The minimum atomic E-state index is 0.0200. The maximum absolute atomic E-state index is 12.1. The van der Waals surface area contributed by atoms with Crippen LogP contribution in [0.4, 0.5) is 0 Å². The van der Waals surface area contributed by atoms with E-state index in [0.29, 0.717) is 18.9 Å². The zero-order valence-electron chi connectivity index (χ0n) is 14.5. The first-order valence-electron chi connectivity index (χ1n) is 8.47. The van der Waals surface area contributed by atoms with E-state index in [1.54, 1.807) is 11.3 Å². The van der Waals surface area contributed by atoms with Gasteiger partial charge in [-0.15, -0.1) is 11.3 Å². The second-order valence-electron chi connectivity index (χ2n) is 6.35. The van der Waals surface area contributed by atoms with E-state index in [-0.39, 0.29) is 5.91 Å². The smallest absolute Gasteiger partial charge is 0.224 e. The van der Waals surface area contributed by atoms with Gasteiger partial charge in [0.1, 0.15) is 0 Å². The van der Waals surface area contributed by atoms with Crippen LogP contribution >= 0.6 is 11.3 Å². The number of aromatic nitrogens is 1. The van der Waals surface area contributed by atoms with Crippen LogP contribution in [0.2, 0.25) is 0 Å². The monoisotopic (exact) mass is 350 g/mol. The third kappa shape index (κ3) is 4.77. The fourth-order valence-corrected chi connectivity index (χ4v) is 3.39. The number of thiazole rings is 1. The van der Waals surface area contributed by atoms with Gasteiger partial charge in [0, 0.05) is 11.3 Å². The molecule has 25 heavy (non-hydrogen) atoms. The van der Waals surface area contributed by atoms with Gasteiger partial charge in [0.15, 0.2) is 0 Å². The van der Waals surface area contributed by atoms with Gasteiger partial charge in [0.05, 0.1) is 23.7 Å². The summed E-state index contributed by atoms with van der Waals surface area (Å²) in [4.78, 5) is 16.7. The average molecular weight is 350 g/mol. The molecule has 1 N–H and O–H groups in total. The van der Waals surface area contributed by atoms with Crippen LogP contribution in [0.1, 0.15) is 36.0 Å². The molecule has 0 saturated carbocycles. The number of rotatable bonds is 6. The molecule has 0 aliphatic heterocycles. The van der Waals surface area contributed by atoms with Crippen LogP contribution in [0.3, 0.4) is 0 Å². The average Bonchev–Trinajstić information content (AvgIpc) is 3.11. The number of carbonyl (C=O) groups excluding carboxylic acids is 1. The Labute approximate surface area is 152 Å². The summed E-state index contributed by atoms with van der Waals surface area (Å²) in [7, 11) is 0. The zero-order valence-corrected chi connectivity index (χ0v) is 15.3. The minimum Gasteiger partial charge on any atom is -0.350 e. The topological polar surface area (TPSA) is 42.0 Å². The number of amides is 1. The van der Waals surface area contributed by atoms with Gasteiger partial charge in [-0.2, -0.15) is 0 Å². The Bertz CT molecular complexity index is 823. The molecule has 0 aliphatic carbocycles. The van der Waals surface area contributed by atoms with Gasteiger partial charge >= 0.3 is 0 Å². The lowest BCUT2D eigenvalue weighted by molar-refractivity contribution is -0.120. The van der Waals surface area contributed by atoms with Gasteiger partial charge in [-0.1, -0.05) is 68.4 Å². The summed E-state index contributed by atoms with van der Waals surface area (Å²) in [5, 5.41) is 6.08. The lowest BCUT2D eigenvalue weighted by Gasteiger charge is -2.06. The summed E-state index contributed by atoms with van der Waals surface area (Å²) >= 11 is 1.65. The molecule has 0 unspecified atom stereocenters.